The summed E-state index contributed by atoms with van der Waals surface area (Å²) in [6.07, 6.45) is 1.69. The summed E-state index contributed by atoms with van der Waals surface area (Å²) in [6, 6.07) is 4.23. The van der Waals surface area contributed by atoms with Gasteiger partial charge in [-0.15, -0.1) is 0 Å². The van der Waals surface area contributed by atoms with Crippen LogP contribution >= 0.6 is 0 Å². The Bertz CT molecular complexity index is 854. The van der Waals surface area contributed by atoms with Gasteiger partial charge in [0.15, 0.2) is 21.3 Å². The van der Waals surface area contributed by atoms with Crippen molar-refractivity contribution in [1.82, 2.24) is 5.48 Å². The second-order valence-electron chi connectivity index (χ2n) is 7.22. The van der Waals surface area contributed by atoms with Crippen molar-refractivity contribution in [2.24, 2.45) is 11.8 Å². The number of carbonyl (C=O) groups is 2. The van der Waals surface area contributed by atoms with Crippen LogP contribution in [0.1, 0.15) is 39.0 Å². The molecule has 2 rings (SSSR count). The van der Waals surface area contributed by atoms with E-state index in [4.69, 9.17) is 19.4 Å². The molecule has 0 bridgehead atoms. The van der Waals surface area contributed by atoms with Gasteiger partial charge in [0.2, 0.25) is 5.91 Å². The summed E-state index contributed by atoms with van der Waals surface area (Å²) >= 11 is 0. The summed E-state index contributed by atoms with van der Waals surface area (Å²) in [6.45, 7) is 1.97. The van der Waals surface area contributed by atoms with Crippen LogP contribution in [0, 0.1) is 11.8 Å². The Morgan fingerprint density at radius 3 is 2.50 bits per heavy atom. The van der Waals surface area contributed by atoms with Crippen LogP contribution in [0.5, 0.6) is 11.5 Å². The van der Waals surface area contributed by atoms with Crippen molar-refractivity contribution >= 4 is 21.7 Å². The second-order valence-corrected chi connectivity index (χ2v) is 9.38. The first-order chi connectivity index (χ1) is 14.3. The molecule has 1 aliphatic carbocycles. The molecule has 1 aliphatic rings. The monoisotopic (exact) mass is 443 g/mol. The number of hydrogen-bond donors (Lipinski definition) is 2. The summed E-state index contributed by atoms with van der Waals surface area (Å²) in [5.74, 6) is -1.39. The van der Waals surface area contributed by atoms with Crippen LogP contribution in [0.25, 0.3) is 0 Å². The largest absolute Gasteiger partial charge is 0.493 e. The van der Waals surface area contributed by atoms with E-state index in [1.807, 2.05) is 0 Å². The predicted octanol–water partition coefficient (Wildman–Crippen LogP) is 2.11. The molecular weight excluding hydrogens is 414 g/mol. The topological polar surface area (TPSA) is 128 Å². The number of ether oxygens (including phenoxy) is 3. The third-order valence-electron chi connectivity index (χ3n) is 5.45. The number of amides is 1. The Morgan fingerprint density at radius 1 is 1.20 bits per heavy atom. The van der Waals surface area contributed by atoms with Crippen molar-refractivity contribution in [1.29, 1.82) is 0 Å². The number of hydrogen-bond acceptors (Lipinski definition) is 8. The normalized spacial score (nSPS) is 20.1. The zero-order valence-corrected chi connectivity index (χ0v) is 18.2. The van der Waals surface area contributed by atoms with Gasteiger partial charge >= 0.3 is 5.97 Å². The van der Waals surface area contributed by atoms with Crippen molar-refractivity contribution in [3.05, 3.63) is 18.2 Å². The van der Waals surface area contributed by atoms with Crippen LogP contribution in [-0.2, 0) is 24.2 Å². The van der Waals surface area contributed by atoms with Crippen LogP contribution in [0.4, 0.5) is 0 Å². The third-order valence-corrected chi connectivity index (χ3v) is 7.71. The number of benzene rings is 1. The molecule has 10 heteroatoms. The Balaban J connectivity index is 2.40. The number of rotatable bonds is 9. The van der Waals surface area contributed by atoms with Gasteiger partial charge in [0, 0.05) is 12.5 Å². The zero-order chi connectivity index (χ0) is 22.3. The Morgan fingerprint density at radius 2 is 1.90 bits per heavy atom. The zero-order valence-electron chi connectivity index (χ0n) is 17.4. The standard InChI is InChI=1S/C20H29NO8S/c1-4-29-20(23)14-7-5-6-13(10-14)18(12-19(22)21-24)30(25,26)15-8-9-16(27-2)17(11-15)28-3/h8-9,11,13-14,18,24H,4-7,10,12H2,1-3H3,(H,21,22). The second kappa shape index (κ2) is 10.6. The first kappa shape index (κ1) is 23.9. The highest BCUT2D eigenvalue weighted by atomic mass is 32.2. The number of esters is 1. The minimum Gasteiger partial charge on any atom is -0.493 e. The SMILES string of the molecule is CCOC(=O)C1CCCC(C(CC(=O)NO)S(=O)(=O)c2ccc(OC)c(OC)c2)C1. The molecule has 0 radical (unpaired) electrons. The van der Waals surface area contributed by atoms with E-state index in [1.54, 1.807) is 6.92 Å². The van der Waals surface area contributed by atoms with Crippen LogP contribution in [0.2, 0.25) is 0 Å². The summed E-state index contributed by atoms with van der Waals surface area (Å²) < 4.78 is 42.4. The van der Waals surface area contributed by atoms with Gasteiger partial charge in [-0.25, -0.2) is 13.9 Å². The highest BCUT2D eigenvalue weighted by molar-refractivity contribution is 7.92. The molecule has 1 fully saturated rings. The van der Waals surface area contributed by atoms with E-state index in [-0.39, 0.29) is 23.2 Å². The highest BCUT2D eigenvalue weighted by Crippen LogP contribution is 2.39. The molecule has 30 heavy (non-hydrogen) atoms. The fourth-order valence-corrected chi connectivity index (χ4v) is 5.97. The van der Waals surface area contributed by atoms with Crippen molar-refractivity contribution in [2.45, 2.75) is 49.2 Å². The lowest BCUT2D eigenvalue weighted by molar-refractivity contribution is -0.149. The van der Waals surface area contributed by atoms with Gasteiger partial charge in [-0.3, -0.25) is 14.8 Å². The van der Waals surface area contributed by atoms with Crippen molar-refractivity contribution < 1.29 is 37.4 Å². The summed E-state index contributed by atoms with van der Waals surface area (Å²) in [4.78, 5) is 24.1. The molecule has 1 aromatic rings. The molecular formula is C20H29NO8S. The molecule has 0 heterocycles. The minimum atomic E-state index is -3.98. The molecule has 0 aliphatic heterocycles. The lowest BCUT2D eigenvalue weighted by Gasteiger charge is -2.33. The Labute approximate surface area is 176 Å². The smallest absolute Gasteiger partial charge is 0.308 e. The van der Waals surface area contributed by atoms with E-state index in [2.05, 4.69) is 0 Å². The van der Waals surface area contributed by atoms with Gasteiger partial charge in [-0.2, -0.15) is 0 Å². The average molecular weight is 444 g/mol. The van der Waals surface area contributed by atoms with Crippen molar-refractivity contribution in [3.8, 4) is 11.5 Å². The van der Waals surface area contributed by atoms with E-state index < -0.39 is 39.3 Å². The van der Waals surface area contributed by atoms with E-state index in [9.17, 15) is 18.0 Å². The summed E-state index contributed by atoms with van der Waals surface area (Å²) in [5, 5.41) is 7.86. The van der Waals surface area contributed by atoms with Gasteiger partial charge < -0.3 is 14.2 Å². The maximum atomic E-state index is 13.5. The van der Waals surface area contributed by atoms with Crippen molar-refractivity contribution in [2.75, 3.05) is 20.8 Å². The van der Waals surface area contributed by atoms with Crippen LogP contribution in [0.15, 0.2) is 23.1 Å². The molecule has 2 N–H and O–H groups in total. The van der Waals surface area contributed by atoms with Crippen LogP contribution < -0.4 is 15.0 Å². The lowest BCUT2D eigenvalue weighted by atomic mass is 9.79. The van der Waals surface area contributed by atoms with Crippen molar-refractivity contribution in [3.63, 3.8) is 0 Å². The number of methoxy groups -OCH3 is 2. The molecule has 3 unspecified atom stereocenters. The minimum absolute atomic E-state index is 0.0193. The molecule has 1 saturated carbocycles. The number of carbonyl (C=O) groups excluding carboxylic acids is 2. The first-order valence-electron chi connectivity index (χ1n) is 9.83. The molecule has 0 aromatic heterocycles. The van der Waals surface area contributed by atoms with Crippen LogP contribution in [-0.4, -0.2) is 51.6 Å². The molecule has 3 atom stereocenters. The van der Waals surface area contributed by atoms with E-state index >= 15 is 0 Å². The molecule has 1 amide bonds. The number of nitrogens with one attached hydrogen (secondary N) is 1. The lowest BCUT2D eigenvalue weighted by Crippen LogP contribution is -2.39. The average Bonchev–Trinajstić information content (AvgIpc) is 2.76. The molecule has 168 valence electrons. The number of hydroxylamine groups is 1. The van der Waals surface area contributed by atoms with Gasteiger partial charge in [0.1, 0.15) is 0 Å². The number of sulfone groups is 1. The van der Waals surface area contributed by atoms with E-state index in [0.29, 0.717) is 31.4 Å². The molecule has 1 aromatic carbocycles. The quantitative estimate of drug-likeness (QED) is 0.337. The molecule has 0 saturated heterocycles. The fourth-order valence-electron chi connectivity index (χ4n) is 3.97. The van der Waals surface area contributed by atoms with Crippen LogP contribution in [0.3, 0.4) is 0 Å². The van der Waals surface area contributed by atoms with E-state index in [1.165, 1.54) is 37.9 Å². The van der Waals surface area contributed by atoms with E-state index in [0.717, 1.165) is 0 Å². The maximum absolute atomic E-state index is 13.5. The molecule has 9 nitrogen and oxygen atoms in total. The Kier molecular flexibility index (Phi) is 8.48. The molecule has 0 spiro atoms. The first-order valence-corrected chi connectivity index (χ1v) is 11.4. The highest BCUT2D eigenvalue weighted by Gasteiger charge is 2.40. The van der Waals surface area contributed by atoms with Gasteiger partial charge in [0.05, 0.1) is 36.9 Å². The summed E-state index contributed by atoms with van der Waals surface area (Å²) in [5.41, 5.74) is 1.51. The Hall–Kier alpha value is -2.33. The van der Waals surface area contributed by atoms with Gasteiger partial charge in [-0.1, -0.05) is 6.42 Å². The summed E-state index contributed by atoms with van der Waals surface area (Å²) in [7, 11) is -1.14. The maximum Gasteiger partial charge on any atom is 0.308 e. The van der Waals surface area contributed by atoms with Gasteiger partial charge in [-0.05, 0) is 44.2 Å². The van der Waals surface area contributed by atoms with Gasteiger partial charge in [0.25, 0.3) is 0 Å². The fraction of sp³-hybridized carbons (Fsp3) is 0.600. The third kappa shape index (κ3) is 5.42. The predicted molar refractivity (Wildman–Crippen MR) is 107 cm³/mol.